The Bertz CT molecular complexity index is 1050. The van der Waals surface area contributed by atoms with Gasteiger partial charge in [0.05, 0.1) is 17.7 Å². The highest BCUT2D eigenvalue weighted by molar-refractivity contribution is 7.92. The Morgan fingerprint density at radius 3 is 2.48 bits per heavy atom. The zero-order valence-electron chi connectivity index (χ0n) is 13.3. The third-order valence-electron chi connectivity index (χ3n) is 3.75. The number of carboxylic acids is 1. The molecule has 0 aliphatic heterocycles. The lowest BCUT2D eigenvalue weighted by molar-refractivity contribution is 0.0693. The van der Waals surface area contributed by atoms with E-state index in [1.54, 1.807) is 12.1 Å². The van der Waals surface area contributed by atoms with E-state index in [-0.39, 0.29) is 16.2 Å². The second-order valence-electron chi connectivity index (χ2n) is 5.30. The first-order valence-electron chi connectivity index (χ1n) is 7.34. The molecular weight excluding hydrogens is 342 g/mol. The Balaban J connectivity index is 2.05. The van der Waals surface area contributed by atoms with Gasteiger partial charge in [0.25, 0.3) is 10.0 Å². The fourth-order valence-electron chi connectivity index (χ4n) is 2.54. The number of methoxy groups -OCH3 is 1. The van der Waals surface area contributed by atoms with Gasteiger partial charge in [0.1, 0.15) is 11.3 Å². The second-order valence-corrected chi connectivity index (χ2v) is 6.98. The first kappa shape index (κ1) is 16.8. The summed E-state index contributed by atoms with van der Waals surface area (Å²) in [6, 6.07) is 16.3. The van der Waals surface area contributed by atoms with Gasteiger partial charge in [-0.05, 0) is 29.7 Å². The summed E-state index contributed by atoms with van der Waals surface area (Å²) in [5.41, 5.74) is 0.203. The lowest BCUT2D eigenvalue weighted by Gasteiger charge is -2.12. The smallest absolute Gasteiger partial charge is 0.339 e. The monoisotopic (exact) mass is 357 g/mol. The van der Waals surface area contributed by atoms with E-state index in [1.165, 1.54) is 19.2 Å². The average Bonchev–Trinajstić information content (AvgIpc) is 2.61. The highest BCUT2D eigenvalue weighted by Crippen LogP contribution is 2.27. The van der Waals surface area contributed by atoms with Crippen LogP contribution in [0.2, 0.25) is 0 Å². The maximum Gasteiger partial charge on any atom is 0.339 e. The molecule has 0 aliphatic rings. The number of ether oxygens (including phenoxy) is 1. The number of nitrogens with one attached hydrogen (secondary N) is 1. The van der Waals surface area contributed by atoms with E-state index in [4.69, 9.17) is 4.74 Å². The van der Waals surface area contributed by atoms with Crippen molar-refractivity contribution in [2.24, 2.45) is 0 Å². The molecule has 0 atom stereocenters. The van der Waals surface area contributed by atoms with Gasteiger partial charge in [-0.2, -0.15) is 0 Å². The van der Waals surface area contributed by atoms with Crippen LogP contribution in [0.5, 0.6) is 5.75 Å². The van der Waals surface area contributed by atoms with Crippen LogP contribution in [-0.2, 0) is 10.0 Å². The highest BCUT2D eigenvalue weighted by atomic mass is 32.2. The van der Waals surface area contributed by atoms with Crippen molar-refractivity contribution in [3.05, 3.63) is 66.2 Å². The summed E-state index contributed by atoms with van der Waals surface area (Å²) in [6.45, 7) is 0. The Kier molecular flexibility index (Phi) is 4.33. The summed E-state index contributed by atoms with van der Waals surface area (Å²) in [4.78, 5) is 11.1. The van der Waals surface area contributed by atoms with Crippen LogP contribution in [0.3, 0.4) is 0 Å². The molecule has 0 fully saturated rings. The summed E-state index contributed by atoms with van der Waals surface area (Å²) in [5.74, 6) is -1.17. The molecule has 128 valence electrons. The summed E-state index contributed by atoms with van der Waals surface area (Å²) >= 11 is 0. The molecule has 3 aromatic rings. The first-order valence-corrected chi connectivity index (χ1v) is 8.82. The molecule has 0 spiro atoms. The van der Waals surface area contributed by atoms with Gasteiger partial charge in [-0.15, -0.1) is 0 Å². The van der Waals surface area contributed by atoms with Crippen LogP contribution in [0.25, 0.3) is 10.8 Å². The fourth-order valence-corrected chi connectivity index (χ4v) is 3.65. The van der Waals surface area contributed by atoms with Crippen LogP contribution in [-0.4, -0.2) is 26.6 Å². The van der Waals surface area contributed by atoms with Crippen molar-refractivity contribution in [3.63, 3.8) is 0 Å². The summed E-state index contributed by atoms with van der Waals surface area (Å²) in [5, 5.41) is 10.9. The van der Waals surface area contributed by atoms with Gasteiger partial charge in [0.2, 0.25) is 0 Å². The predicted octanol–water partition coefficient (Wildman–Crippen LogP) is 3.35. The molecule has 0 heterocycles. The molecule has 3 aromatic carbocycles. The van der Waals surface area contributed by atoms with Crippen LogP contribution < -0.4 is 9.46 Å². The third-order valence-corrected chi connectivity index (χ3v) is 5.11. The number of hydrogen-bond donors (Lipinski definition) is 2. The number of anilines is 1. The van der Waals surface area contributed by atoms with Gasteiger partial charge in [-0.3, -0.25) is 4.72 Å². The van der Waals surface area contributed by atoms with Crippen molar-refractivity contribution in [2.45, 2.75) is 4.90 Å². The quantitative estimate of drug-likeness (QED) is 0.730. The standard InChI is InChI=1S/C18H15NO5S/c1-24-17-10-9-13(11-15(17)18(20)21)25(22,23)19-16-8-4-6-12-5-2-3-7-14(12)16/h2-11,19H,1H3,(H,20,21). The SMILES string of the molecule is COc1ccc(S(=O)(=O)Nc2cccc3ccccc23)cc1C(=O)O. The lowest BCUT2D eigenvalue weighted by atomic mass is 10.1. The van der Waals surface area contributed by atoms with Crippen LogP contribution in [0, 0.1) is 0 Å². The molecule has 0 saturated carbocycles. The van der Waals surface area contributed by atoms with E-state index in [9.17, 15) is 18.3 Å². The molecule has 0 unspecified atom stereocenters. The molecular formula is C18H15NO5S. The van der Waals surface area contributed by atoms with E-state index >= 15 is 0 Å². The lowest BCUT2D eigenvalue weighted by Crippen LogP contribution is -2.14. The maximum atomic E-state index is 12.7. The van der Waals surface area contributed by atoms with Gasteiger partial charge in [0, 0.05) is 5.39 Å². The van der Waals surface area contributed by atoms with Gasteiger partial charge in [-0.1, -0.05) is 36.4 Å². The van der Waals surface area contributed by atoms with Gasteiger partial charge in [-0.25, -0.2) is 13.2 Å². The molecule has 0 aliphatic carbocycles. The van der Waals surface area contributed by atoms with Crippen molar-refractivity contribution in [1.29, 1.82) is 0 Å². The normalized spacial score (nSPS) is 11.2. The number of fused-ring (bicyclic) bond motifs is 1. The summed E-state index contributed by atoms with van der Waals surface area (Å²) in [7, 11) is -2.63. The number of carboxylic acid groups (broad SMARTS) is 1. The molecule has 3 rings (SSSR count). The number of rotatable bonds is 5. The molecule has 0 saturated heterocycles. The molecule has 25 heavy (non-hydrogen) atoms. The van der Waals surface area contributed by atoms with Crippen LogP contribution in [0.4, 0.5) is 5.69 Å². The Morgan fingerprint density at radius 1 is 1.04 bits per heavy atom. The largest absolute Gasteiger partial charge is 0.496 e. The van der Waals surface area contributed by atoms with E-state index in [0.29, 0.717) is 5.69 Å². The molecule has 0 bridgehead atoms. The molecule has 0 radical (unpaired) electrons. The number of hydrogen-bond acceptors (Lipinski definition) is 4. The van der Waals surface area contributed by atoms with E-state index in [0.717, 1.165) is 16.8 Å². The maximum absolute atomic E-state index is 12.7. The minimum atomic E-state index is -3.95. The zero-order valence-corrected chi connectivity index (χ0v) is 14.1. The van der Waals surface area contributed by atoms with Crippen molar-refractivity contribution in [3.8, 4) is 5.75 Å². The molecule has 6 nitrogen and oxygen atoms in total. The van der Waals surface area contributed by atoms with E-state index < -0.39 is 16.0 Å². The first-order chi connectivity index (χ1) is 11.9. The number of carbonyl (C=O) groups is 1. The van der Waals surface area contributed by atoms with Crippen molar-refractivity contribution < 1.29 is 23.1 Å². The minimum Gasteiger partial charge on any atom is -0.496 e. The Hall–Kier alpha value is -3.06. The van der Waals surface area contributed by atoms with Gasteiger partial charge < -0.3 is 9.84 Å². The minimum absolute atomic E-state index is 0.0941. The topological polar surface area (TPSA) is 92.7 Å². The molecule has 2 N–H and O–H groups in total. The van der Waals surface area contributed by atoms with Crippen LogP contribution in [0.1, 0.15) is 10.4 Å². The summed E-state index contributed by atoms with van der Waals surface area (Å²) in [6.07, 6.45) is 0. The van der Waals surface area contributed by atoms with Crippen molar-refractivity contribution in [1.82, 2.24) is 0 Å². The van der Waals surface area contributed by atoms with E-state index in [1.807, 2.05) is 30.3 Å². The Morgan fingerprint density at radius 2 is 1.76 bits per heavy atom. The Labute approximate surface area is 144 Å². The number of sulfonamides is 1. The highest BCUT2D eigenvalue weighted by Gasteiger charge is 2.20. The molecule has 0 amide bonds. The van der Waals surface area contributed by atoms with Crippen LogP contribution >= 0.6 is 0 Å². The second kappa shape index (κ2) is 6.45. The van der Waals surface area contributed by atoms with Gasteiger partial charge in [0.15, 0.2) is 0 Å². The van der Waals surface area contributed by atoms with Gasteiger partial charge >= 0.3 is 5.97 Å². The van der Waals surface area contributed by atoms with E-state index in [2.05, 4.69) is 4.72 Å². The average molecular weight is 357 g/mol. The number of aromatic carboxylic acids is 1. The van der Waals surface area contributed by atoms with Crippen LogP contribution in [0.15, 0.2) is 65.6 Å². The van der Waals surface area contributed by atoms with Crippen molar-refractivity contribution in [2.75, 3.05) is 11.8 Å². The molecule has 0 aromatic heterocycles. The number of benzene rings is 3. The predicted molar refractivity (Wildman–Crippen MR) is 94.7 cm³/mol. The third kappa shape index (κ3) is 3.27. The zero-order chi connectivity index (χ0) is 18.0. The molecule has 7 heteroatoms. The van der Waals surface area contributed by atoms with Crippen molar-refractivity contribution >= 4 is 32.5 Å². The summed E-state index contributed by atoms with van der Waals surface area (Å²) < 4.78 is 32.8. The fraction of sp³-hybridized carbons (Fsp3) is 0.0556.